The molecule has 1 aromatic carbocycles. The smallest absolute Gasteiger partial charge is 0.126 e. The van der Waals surface area contributed by atoms with E-state index >= 15 is 0 Å². The van der Waals surface area contributed by atoms with E-state index in [0.29, 0.717) is 24.0 Å². The van der Waals surface area contributed by atoms with Crippen LogP contribution in [0.25, 0.3) is 0 Å². The molecule has 1 aromatic rings. The normalized spacial score (nSPS) is 10.4. The molecule has 0 spiro atoms. The number of aliphatic hydroxyl groups excluding tert-OH is 1. The maximum atomic E-state index is 13.2. The first kappa shape index (κ1) is 9.99. The van der Waals surface area contributed by atoms with Crippen molar-refractivity contribution >= 4 is 0 Å². The fourth-order valence-electron chi connectivity index (χ4n) is 1.17. The van der Waals surface area contributed by atoms with Crippen LogP contribution in [0.1, 0.15) is 17.5 Å². The SMILES string of the molecule is Cc1cc(F)c(CCCO)cc1O. The number of aryl methyl sites for hydroxylation is 2. The standard InChI is InChI=1S/C10H13FO2/c1-7-5-9(11)8(3-2-4-12)6-10(7)13/h5-6,12-13H,2-4H2,1H3. The van der Waals surface area contributed by atoms with Gasteiger partial charge in [0.1, 0.15) is 11.6 Å². The van der Waals surface area contributed by atoms with E-state index in [9.17, 15) is 9.50 Å². The summed E-state index contributed by atoms with van der Waals surface area (Å²) >= 11 is 0. The minimum atomic E-state index is -0.316. The summed E-state index contributed by atoms with van der Waals surface area (Å²) in [6.07, 6.45) is 0.968. The van der Waals surface area contributed by atoms with Crippen molar-refractivity contribution in [3.8, 4) is 5.75 Å². The Balaban J connectivity index is 2.88. The highest BCUT2D eigenvalue weighted by atomic mass is 19.1. The van der Waals surface area contributed by atoms with Crippen LogP contribution in [-0.4, -0.2) is 16.8 Å². The molecule has 0 aliphatic heterocycles. The lowest BCUT2D eigenvalue weighted by Crippen LogP contribution is -1.94. The molecule has 0 heterocycles. The molecule has 0 radical (unpaired) electrons. The van der Waals surface area contributed by atoms with Gasteiger partial charge in [0.05, 0.1) is 0 Å². The largest absolute Gasteiger partial charge is 0.508 e. The van der Waals surface area contributed by atoms with E-state index in [-0.39, 0.29) is 18.2 Å². The van der Waals surface area contributed by atoms with Crippen molar-refractivity contribution in [2.75, 3.05) is 6.61 Å². The van der Waals surface area contributed by atoms with Crippen molar-refractivity contribution in [2.24, 2.45) is 0 Å². The van der Waals surface area contributed by atoms with Crippen molar-refractivity contribution in [3.63, 3.8) is 0 Å². The van der Waals surface area contributed by atoms with Crippen molar-refractivity contribution in [1.29, 1.82) is 0 Å². The zero-order valence-corrected chi connectivity index (χ0v) is 7.55. The molecular weight excluding hydrogens is 171 g/mol. The lowest BCUT2D eigenvalue weighted by atomic mass is 10.1. The maximum absolute atomic E-state index is 13.2. The second-order valence-corrected chi connectivity index (χ2v) is 3.06. The molecule has 13 heavy (non-hydrogen) atoms. The molecule has 0 saturated heterocycles. The van der Waals surface area contributed by atoms with E-state index in [1.54, 1.807) is 6.92 Å². The first-order valence-corrected chi connectivity index (χ1v) is 4.24. The van der Waals surface area contributed by atoms with E-state index in [0.717, 1.165) is 0 Å². The van der Waals surface area contributed by atoms with Gasteiger partial charge < -0.3 is 10.2 Å². The minimum absolute atomic E-state index is 0.0358. The van der Waals surface area contributed by atoms with Crippen molar-refractivity contribution < 1.29 is 14.6 Å². The number of phenols is 1. The molecular formula is C10H13FO2. The number of phenolic OH excluding ortho intramolecular Hbond substituents is 1. The fourth-order valence-corrected chi connectivity index (χ4v) is 1.17. The van der Waals surface area contributed by atoms with Gasteiger partial charge in [0, 0.05) is 6.61 Å². The highest BCUT2D eigenvalue weighted by Crippen LogP contribution is 2.21. The van der Waals surface area contributed by atoms with E-state index in [1.165, 1.54) is 12.1 Å². The summed E-state index contributed by atoms with van der Waals surface area (Å²) in [7, 11) is 0. The first-order chi connectivity index (χ1) is 6.15. The van der Waals surface area contributed by atoms with E-state index < -0.39 is 0 Å². The maximum Gasteiger partial charge on any atom is 0.126 e. The summed E-state index contributed by atoms with van der Waals surface area (Å²) in [5, 5.41) is 17.9. The first-order valence-electron chi connectivity index (χ1n) is 4.24. The van der Waals surface area contributed by atoms with Gasteiger partial charge in [-0.15, -0.1) is 0 Å². The molecule has 0 saturated carbocycles. The Bertz CT molecular complexity index is 297. The number of aliphatic hydroxyl groups is 1. The van der Waals surface area contributed by atoms with Gasteiger partial charge in [0.25, 0.3) is 0 Å². The molecule has 0 aliphatic carbocycles. The highest BCUT2D eigenvalue weighted by molar-refractivity contribution is 5.36. The molecule has 0 aliphatic rings. The van der Waals surface area contributed by atoms with Gasteiger partial charge in [-0.1, -0.05) is 0 Å². The van der Waals surface area contributed by atoms with E-state index in [2.05, 4.69) is 0 Å². The van der Waals surface area contributed by atoms with Crippen LogP contribution in [0.15, 0.2) is 12.1 Å². The fraction of sp³-hybridized carbons (Fsp3) is 0.400. The third-order valence-corrected chi connectivity index (χ3v) is 1.97. The van der Waals surface area contributed by atoms with Crippen LogP contribution >= 0.6 is 0 Å². The van der Waals surface area contributed by atoms with Crippen LogP contribution in [0.3, 0.4) is 0 Å². The third-order valence-electron chi connectivity index (χ3n) is 1.97. The number of halogens is 1. The monoisotopic (exact) mass is 184 g/mol. The van der Waals surface area contributed by atoms with Gasteiger partial charge in [-0.3, -0.25) is 0 Å². The summed E-state index contributed by atoms with van der Waals surface area (Å²) in [4.78, 5) is 0. The molecule has 0 aromatic heterocycles. The van der Waals surface area contributed by atoms with Gasteiger partial charge in [-0.25, -0.2) is 4.39 Å². The molecule has 2 nitrogen and oxygen atoms in total. The number of aromatic hydroxyl groups is 1. The Kier molecular flexibility index (Phi) is 3.25. The van der Waals surface area contributed by atoms with Crippen LogP contribution in [0, 0.1) is 12.7 Å². The van der Waals surface area contributed by atoms with Crippen molar-refractivity contribution in [2.45, 2.75) is 19.8 Å². The predicted molar refractivity (Wildman–Crippen MR) is 48.2 cm³/mol. The van der Waals surface area contributed by atoms with Gasteiger partial charge in [0.2, 0.25) is 0 Å². The van der Waals surface area contributed by atoms with Gasteiger partial charge in [-0.05, 0) is 43.0 Å². The van der Waals surface area contributed by atoms with Gasteiger partial charge in [0.15, 0.2) is 0 Å². The summed E-state index contributed by atoms with van der Waals surface area (Å²) in [6.45, 7) is 1.68. The summed E-state index contributed by atoms with van der Waals surface area (Å²) in [6, 6.07) is 2.72. The number of rotatable bonds is 3. The number of hydrogen-bond donors (Lipinski definition) is 2. The van der Waals surface area contributed by atoms with Crippen LogP contribution < -0.4 is 0 Å². The number of benzene rings is 1. The molecule has 3 heteroatoms. The zero-order valence-electron chi connectivity index (χ0n) is 7.55. The summed E-state index contributed by atoms with van der Waals surface area (Å²) < 4.78 is 13.2. The average molecular weight is 184 g/mol. The number of hydrogen-bond acceptors (Lipinski definition) is 2. The predicted octanol–water partition coefficient (Wildman–Crippen LogP) is 1.76. The molecule has 0 bridgehead atoms. The lowest BCUT2D eigenvalue weighted by Gasteiger charge is -2.05. The molecule has 0 unspecified atom stereocenters. The summed E-state index contributed by atoms with van der Waals surface area (Å²) in [5.74, 6) is -0.210. The topological polar surface area (TPSA) is 40.5 Å². The second kappa shape index (κ2) is 4.23. The van der Waals surface area contributed by atoms with Crippen LogP contribution in [0.4, 0.5) is 4.39 Å². The molecule has 0 fully saturated rings. The highest BCUT2D eigenvalue weighted by Gasteiger charge is 2.05. The Morgan fingerprint density at radius 1 is 1.38 bits per heavy atom. The molecule has 0 amide bonds. The Morgan fingerprint density at radius 2 is 2.08 bits per heavy atom. The van der Waals surface area contributed by atoms with Gasteiger partial charge in [-0.2, -0.15) is 0 Å². The second-order valence-electron chi connectivity index (χ2n) is 3.06. The summed E-state index contributed by atoms with van der Waals surface area (Å²) in [5.41, 5.74) is 0.988. The third kappa shape index (κ3) is 2.42. The quantitative estimate of drug-likeness (QED) is 0.751. The molecule has 0 atom stereocenters. The molecule has 1 rings (SSSR count). The van der Waals surface area contributed by atoms with Crippen LogP contribution in [0.2, 0.25) is 0 Å². The van der Waals surface area contributed by atoms with Crippen molar-refractivity contribution in [3.05, 3.63) is 29.1 Å². The van der Waals surface area contributed by atoms with Crippen molar-refractivity contribution in [1.82, 2.24) is 0 Å². The Morgan fingerprint density at radius 3 is 2.69 bits per heavy atom. The zero-order chi connectivity index (χ0) is 9.84. The average Bonchev–Trinajstić information content (AvgIpc) is 2.09. The minimum Gasteiger partial charge on any atom is -0.508 e. The molecule has 72 valence electrons. The van der Waals surface area contributed by atoms with Crippen LogP contribution in [-0.2, 0) is 6.42 Å². The van der Waals surface area contributed by atoms with E-state index in [1.807, 2.05) is 0 Å². The van der Waals surface area contributed by atoms with Crippen LogP contribution in [0.5, 0.6) is 5.75 Å². The lowest BCUT2D eigenvalue weighted by molar-refractivity contribution is 0.288. The van der Waals surface area contributed by atoms with E-state index in [4.69, 9.17) is 5.11 Å². The molecule has 2 N–H and O–H groups in total. The van der Waals surface area contributed by atoms with Gasteiger partial charge >= 0.3 is 0 Å². The Hall–Kier alpha value is -1.09. The Labute approximate surface area is 76.6 Å².